The quantitative estimate of drug-likeness (QED) is 0.469. The largest absolute Gasteiger partial charge is 0.476 e. The average molecular weight is 288 g/mol. The highest BCUT2D eigenvalue weighted by molar-refractivity contribution is 5.84. The molecule has 3 N–H and O–H groups in total. The number of carboxylic acid groups (broad SMARTS) is 1. The molecule has 1 aromatic rings. The summed E-state index contributed by atoms with van der Waals surface area (Å²) in [5, 5.41) is 15.8. The Morgan fingerprint density at radius 3 is 2.30 bits per heavy atom. The van der Waals surface area contributed by atoms with E-state index in [0.717, 1.165) is 0 Å². The number of aromatic carboxylic acids is 1. The molecule has 0 atom stereocenters. The van der Waals surface area contributed by atoms with Crippen molar-refractivity contribution in [1.82, 2.24) is 15.0 Å². The van der Waals surface area contributed by atoms with Crippen LogP contribution in [-0.4, -0.2) is 72.3 Å². The molecular formula is C11H20N4O5. The van der Waals surface area contributed by atoms with Crippen molar-refractivity contribution >= 4 is 5.97 Å². The number of carboxylic acids is 1. The third-order valence-electron chi connectivity index (χ3n) is 2.23. The molecule has 0 aliphatic heterocycles. The van der Waals surface area contributed by atoms with Crippen molar-refractivity contribution in [2.24, 2.45) is 5.73 Å². The fourth-order valence-corrected chi connectivity index (χ4v) is 1.29. The first-order chi connectivity index (χ1) is 9.74. The standard InChI is InChI=1S/C11H20N4O5/c12-1-3-18-5-7-20-8-6-19-4-2-15-9-10(11(16)17)13-14-15/h9H,1-8,12H2,(H,16,17). The van der Waals surface area contributed by atoms with Crippen molar-refractivity contribution in [1.29, 1.82) is 0 Å². The molecule has 0 unspecified atom stereocenters. The summed E-state index contributed by atoms with van der Waals surface area (Å²) in [6.45, 7) is 3.87. The molecular weight excluding hydrogens is 268 g/mol. The molecule has 0 aliphatic rings. The van der Waals surface area contributed by atoms with Crippen LogP contribution < -0.4 is 5.73 Å². The Bertz CT molecular complexity index is 385. The summed E-state index contributed by atoms with van der Waals surface area (Å²) in [7, 11) is 0. The molecule has 9 heteroatoms. The Morgan fingerprint density at radius 1 is 1.15 bits per heavy atom. The van der Waals surface area contributed by atoms with E-state index in [2.05, 4.69) is 10.3 Å². The number of ether oxygens (including phenoxy) is 3. The fraction of sp³-hybridized carbons (Fsp3) is 0.727. The van der Waals surface area contributed by atoms with Crippen molar-refractivity contribution in [2.45, 2.75) is 6.54 Å². The molecule has 0 bridgehead atoms. The Kier molecular flexibility index (Phi) is 8.47. The van der Waals surface area contributed by atoms with Gasteiger partial charge >= 0.3 is 5.97 Å². The lowest BCUT2D eigenvalue weighted by Gasteiger charge is -2.06. The van der Waals surface area contributed by atoms with Crippen molar-refractivity contribution in [3.05, 3.63) is 11.9 Å². The van der Waals surface area contributed by atoms with Gasteiger partial charge in [-0.3, -0.25) is 0 Å². The lowest BCUT2D eigenvalue weighted by Crippen LogP contribution is -2.14. The van der Waals surface area contributed by atoms with Gasteiger partial charge in [0.05, 0.1) is 52.4 Å². The number of hydrogen-bond acceptors (Lipinski definition) is 7. The molecule has 1 rings (SSSR count). The second-order valence-corrected chi connectivity index (χ2v) is 3.80. The maximum absolute atomic E-state index is 10.6. The zero-order valence-corrected chi connectivity index (χ0v) is 11.2. The molecule has 1 aromatic heterocycles. The predicted octanol–water partition coefficient (Wildman–Crippen LogP) is -1.02. The van der Waals surface area contributed by atoms with Crippen molar-refractivity contribution in [3.8, 4) is 0 Å². The van der Waals surface area contributed by atoms with Crippen molar-refractivity contribution < 1.29 is 24.1 Å². The minimum Gasteiger partial charge on any atom is -0.476 e. The molecule has 114 valence electrons. The first kappa shape index (κ1) is 16.5. The van der Waals surface area contributed by atoms with Crippen LogP contribution in [0, 0.1) is 0 Å². The van der Waals surface area contributed by atoms with Crippen LogP contribution in [0.4, 0.5) is 0 Å². The van der Waals surface area contributed by atoms with Gasteiger partial charge in [0.25, 0.3) is 0 Å². The fourth-order valence-electron chi connectivity index (χ4n) is 1.29. The van der Waals surface area contributed by atoms with Crippen LogP contribution in [0.1, 0.15) is 10.5 Å². The average Bonchev–Trinajstić information content (AvgIpc) is 2.90. The van der Waals surface area contributed by atoms with Gasteiger partial charge in [0.1, 0.15) is 0 Å². The van der Waals surface area contributed by atoms with Crippen molar-refractivity contribution in [3.63, 3.8) is 0 Å². The first-order valence-electron chi connectivity index (χ1n) is 6.30. The summed E-state index contributed by atoms with van der Waals surface area (Å²) >= 11 is 0. The highest BCUT2D eigenvalue weighted by Gasteiger charge is 2.07. The molecule has 0 spiro atoms. The third kappa shape index (κ3) is 7.14. The van der Waals surface area contributed by atoms with Crippen LogP contribution in [0.3, 0.4) is 0 Å². The van der Waals surface area contributed by atoms with Crippen LogP contribution in [0.5, 0.6) is 0 Å². The summed E-state index contributed by atoms with van der Waals surface area (Å²) in [6.07, 6.45) is 1.36. The van der Waals surface area contributed by atoms with E-state index >= 15 is 0 Å². The van der Waals surface area contributed by atoms with E-state index in [1.54, 1.807) is 0 Å². The third-order valence-corrected chi connectivity index (χ3v) is 2.23. The number of carbonyl (C=O) groups is 1. The zero-order valence-electron chi connectivity index (χ0n) is 11.2. The SMILES string of the molecule is NCCOCCOCCOCCn1cc(C(=O)O)nn1. The van der Waals surface area contributed by atoms with Gasteiger partial charge in [-0.25, -0.2) is 9.48 Å². The lowest BCUT2D eigenvalue weighted by molar-refractivity contribution is 0.0141. The van der Waals surface area contributed by atoms with E-state index in [0.29, 0.717) is 52.7 Å². The molecule has 0 amide bonds. The van der Waals surface area contributed by atoms with Crippen LogP contribution in [-0.2, 0) is 20.8 Å². The van der Waals surface area contributed by atoms with Gasteiger partial charge in [0.2, 0.25) is 0 Å². The normalized spacial score (nSPS) is 10.8. The van der Waals surface area contributed by atoms with E-state index in [9.17, 15) is 4.79 Å². The van der Waals surface area contributed by atoms with Gasteiger partial charge < -0.3 is 25.1 Å². The smallest absolute Gasteiger partial charge is 0.358 e. The van der Waals surface area contributed by atoms with Crippen LogP contribution in [0.2, 0.25) is 0 Å². The van der Waals surface area contributed by atoms with E-state index in [-0.39, 0.29) is 5.69 Å². The van der Waals surface area contributed by atoms with Gasteiger partial charge in [-0.05, 0) is 0 Å². The van der Waals surface area contributed by atoms with Crippen molar-refractivity contribution in [2.75, 3.05) is 46.2 Å². The lowest BCUT2D eigenvalue weighted by atomic mass is 10.5. The second-order valence-electron chi connectivity index (χ2n) is 3.80. The zero-order chi connectivity index (χ0) is 14.6. The highest BCUT2D eigenvalue weighted by atomic mass is 16.5. The summed E-state index contributed by atoms with van der Waals surface area (Å²) < 4.78 is 17.1. The Labute approximate surface area is 116 Å². The molecule has 1 heterocycles. The van der Waals surface area contributed by atoms with E-state index in [1.807, 2.05) is 0 Å². The molecule has 0 radical (unpaired) electrons. The van der Waals surface area contributed by atoms with Gasteiger partial charge in [0.15, 0.2) is 5.69 Å². The molecule has 9 nitrogen and oxygen atoms in total. The summed E-state index contributed by atoms with van der Waals surface area (Å²) in [6, 6.07) is 0. The summed E-state index contributed by atoms with van der Waals surface area (Å²) in [4.78, 5) is 10.6. The predicted molar refractivity (Wildman–Crippen MR) is 68.5 cm³/mol. The Balaban J connectivity index is 1.93. The maximum atomic E-state index is 10.6. The Morgan fingerprint density at radius 2 is 1.75 bits per heavy atom. The summed E-state index contributed by atoms with van der Waals surface area (Å²) in [5.74, 6) is -1.09. The van der Waals surface area contributed by atoms with E-state index in [1.165, 1.54) is 10.9 Å². The van der Waals surface area contributed by atoms with E-state index in [4.69, 9.17) is 25.1 Å². The van der Waals surface area contributed by atoms with Gasteiger partial charge in [0, 0.05) is 6.54 Å². The first-order valence-corrected chi connectivity index (χ1v) is 6.30. The van der Waals surface area contributed by atoms with Gasteiger partial charge in [-0.15, -0.1) is 5.10 Å². The molecule has 0 aromatic carbocycles. The minimum atomic E-state index is -1.09. The van der Waals surface area contributed by atoms with Crippen LogP contribution in [0.25, 0.3) is 0 Å². The molecule has 0 fully saturated rings. The molecule has 20 heavy (non-hydrogen) atoms. The van der Waals surface area contributed by atoms with Crippen LogP contribution in [0.15, 0.2) is 6.20 Å². The molecule has 0 aliphatic carbocycles. The minimum absolute atomic E-state index is 0.0780. The highest BCUT2D eigenvalue weighted by Crippen LogP contribution is 1.92. The van der Waals surface area contributed by atoms with Crippen LogP contribution >= 0.6 is 0 Å². The molecule has 0 saturated heterocycles. The number of nitrogens with zero attached hydrogens (tertiary/aromatic N) is 3. The number of hydrogen-bond donors (Lipinski definition) is 2. The van der Waals surface area contributed by atoms with Gasteiger partial charge in [-0.1, -0.05) is 5.21 Å². The van der Waals surface area contributed by atoms with E-state index < -0.39 is 5.97 Å². The topological polar surface area (TPSA) is 122 Å². The number of rotatable bonds is 12. The maximum Gasteiger partial charge on any atom is 0.358 e. The number of nitrogens with two attached hydrogens (primary N) is 1. The molecule has 0 saturated carbocycles. The van der Waals surface area contributed by atoms with Gasteiger partial charge in [-0.2, -0.15) is 0 Å². The number of aromatic nitrogens is 3. The summed E-state index contributed by atoms with van der Waals surface area (Å²) in [5.41, 5.74) is 5.18. The monoisotopic (exact) mass is 288 g/mol. The Hall–Kier alpha value is -1.55. The second kappa shape index (κ2) is 10.3.